The molecular weight excluding hydrogens is 234 g/mol. The highest BCUT2D eigenvalue weighted by Crippen LogP contribution is 2.38. The standard InChI is InChI=1S/C13H17NO4/c14-10-5-12-13(17-4-3-16-12)6-11(10)18-8-9-1-2-15-7-9/h5-6,9H,1-4,7-8,14H2. The second-order valence-corrected chi connectivity index (χ2v) is 4.57. The van der Waals surface area contributed by atoms with Crippen molar-refractivity contribution in [2.45, 2.75) is 6.42 Å². The summed E-state index contributed by atoms with van der Waals surface area (Å²) in [5.74, 6) is 2.51. The van der Waals surface area contributed by atoms with Gasteiger partial charge in [-0.1, -0.05) is 0 Å². The maximum absolute atomic E-state index is 5.94. The number of anilines is 1. The van der Waals surface area contributed by atoms with E-state index in [9.17, 15) is 0 Å². The number of hydrogen-bond acceptors (Lipinski definition) is 5. The average molecular weight is 251 g/mol. The first-order chi connectivity index (χ1) is 8.83. The fourth-order valence-corrected chi connectivity index (χ4v) is 2.13. The summed E-state index contributed by atoms with van der Waals surface area (Å²) in [5.41, 5.74) is 6.52. The van der Waals surface area contributed by atoms with Crippen LogP contribution in [-0.2, 0) is 4.74 Å². The Hall–Kier alpha value is -1.62. The van der Waals surface area contributed by atoms with Crippen LogP contribution in [0.25, 0.3) is 0 Å². The predicted octanol–water partition coefficient (Wildman–Crippen LogP) is 1.46. The summed E-state index contributed by atoms with van der Waals surface area (Å²) in [7, 11) is 0. The SMILES string of the molecule is Nc1cc2c(cc1OCC1CCOC1)OCCO2. The van der Waals surface area contributed by atoms with Gasteiger partial charge in [-0.05, 0) is 6.42 Å². The number of benzene rings is 1. The highest BCUT2D eigenvalue weighted by atomic mass is 16.6. The third kappa shape index (κ3) is 2.31. The molecule has 0 saturated carbocycles. The lowest BCUT2D eigenvalue weighted by Crippen LogP contribution is -2.16. The van der Waals surface area contributed by atoms with Crippen molar-refractivity contribution in [1.29, 1.82) is 0 Å². The van der Waals surface area contributed by atoms with Crippen molar-refractivity contribution < 1.29 is 18.9 Å². The highest BCUT2D eigenvalue weighted by Gasteiger charge is 2.19. The molecule has 1 aromatic rings. The maximum Gasteiger partial charge on any atom is 0.165 e. The molecule has 2 N–H and O–H groups in total. The second-order valence-electron chi connectivity index (χ2n) is 4.57. The summed E-state index contributed by atoms with van der Waals surface area (Å²) in [6.45, 7) is 3.35. The van der Waals surface area contributed by atoms with Gasteiger partial charge in [0, 0.05) is 24.7 Å². The highest BCUT2D eigenvalue weighted by molar-refractivity contribution is 5.62. The Balaban J connectivity index is 1.70. The van der Waals surface area contributed by atoms with Crippen LogP contribution in [-0.4, -0.2) is 33.0 Å². The van der Waals surface area contributed by atoms with E-state index in [2.05, 4.69) is 0 Å². The van der Waals surface area contributed by atoms with E-state index >= 15 is 0 Å². The first-order valence-corrected chi connectivity index (χ1v) is 6.22. The van der Waals surface area contributed by atoms with Crippen LogP contribution in [0.1, 0.15) is 6.42 Å². The van der Waals surface area contributed by atoms with Crippen molar-refractivity contribution in [1.82, 2.24) is 0 Å². The van der Waals surface area contributed by atoms with E-state index in [1.165, 1.54) is 0 Å². The van der Waals surface area contributed by atoms with Gasteiger partial charge in [0.1, 0.15) is 19.0 Å². The minimum absolute atomic E-state index is 0.456. The smallest absolute Gasteiger partial charge is 0.165 e. The largest absolute Gasteiger partial charge is 0.491 e. The summed E-state index contributed by atoms with van der Waals surface area (Å²) >= 11 is 0. The molecule has 1 unspecified atom stereocenters. The molecule has 0 radical (unpaired) electrons. The van der Waals surface area contributed by atoms with Crippen LogP contribution in [0.5, 0.6) is 17.2 Å². The molecule has 5 nitrogen and oxygen atoms in total. The van der Waals surface area contributed by atoms with Crippen LogP contribution in [0.4, 0.5) is 5.69 Å². The maximum atomic E-state index is 5.94. The molecule has 2 aliphatic heterocycles. The lowest BCUT2D eigenvalue weighted by atomic mass is 10.1. The summed E-state index contributed by atoms with van der Waals surface area (Å²) < 4.78 is 22.0. The molecule has 0 amide bonds. The third-order valence-corrected chi connectivity index (χ3v) is 3.17. The quantitative estimate of drug-likeness (QED) is 0.824. The average Bonchev–Trinajstić information content (AvgIpc) is 2.89. The molecule has 2 heterocycles. The van der Waals surface area contributed by atoms with Crippen molar-refractivity contribution in [3.63, 3.8) is 0 Å². The van der Waals surface area contributed by atoms with Gasteiger partial charge in [-0.25, -0.2) is 0 Å². The van der Waals surface area contributed by atoms with Gasteiger partial charge < -0.3 is 24.7 Å². The molecule has 1 aromatic carbocycles. The minimum Gasteiger partial charge on any atom is -0.491 e. The molecule has 0 bridgehead atoms. The minimum atomic E-state index is 0.456. The molecule has 3 rings (SSSR count). The summed E-state index contributed by atoms with van der Waals surface area (Å²) in [5, 5.41) is 0. The Labute approximate surface area is 106 Å². The zero-order chi connectivity index (χ0) is 12.4. The third-order valence-electron chi connectivity index (χ3n) is 3.17. The van der Waals surface area contributed by atoms with Crippen LogP contribution in [0.15, 0.2) is 12.1 Å². The fraction of sp³-hybridized carbons (Fsp3) is 0.538. The zero-order valence-electron chi connectivity index (χ0n) is 10.2. The normalized spacial score (nSPS) is 21.9. The molecule has 0 aromatic heterocycles. The molecule has 1 fully saturated rings. The molecule has 98 valence electrons. The van der Waals surface area contributed by atoms with Gasteiger partial charge in [0.25, 0.3) is 0 Å². The molecular formula is C13H17NO4. The number of fused-ring (bicyclic) bond motifs is 1. The summed E-state index contributed by atoms with van der Waals surface area (Å²) in [4.78, 5) is 0. The van der Waals surface area contributed by atoms with Gasteiger partial charge >= 0.3 is 0 Å². The van der Waals surface area contributed by atoms with Crippen molar-refractivity contribution in [2.75, 3.05) is 38.8 Å². The Morgan fingerprint density at radius 2 is 1.94 bits per heavy atom. The Morgan fingerprint density at radius 3 is 2.67 bits per heavy atom. The number of nitrogens with two attached hydrogens (primary N) is 1. The number of hydrogen-bond donors (Lipinski definition) is 1. The van der Waals surface area contributed by atoms with E-state index in [4.69, 9.17) is 24.7 Å². The molecule has 2 aliphatic rings. The predicted molar refractivity (Wildman–Crippen MR) is 66.3 cm³/mol. The lowest BCUT2D eigenvalue weighted by molar-refractivity contribution is 0.163. The van der Waals surface area contributed by atoms with Crippen LogP contribution in [0, 0.1) is 5.92 Å². The summed E-state index contributed by atoms with van der Waals surface area (Å²) in [6.07, 6.45) is 1.05. The molecule has 5 heteroatoms. The van der Waals surface area contributed by atoms with E-state index in [-0.39, 0.29) is 0 Å². The van der Waals surface area contributed by atoms with Crippen molar-refractivity contribution in [2.24, 2.45) is 5.92 Å². The van der Waals surface area contributed by atoms with E-state index in [0.29, 0.717) is 48.7 Å². The van der Waals surface area contributed by atoms with Gasteiger partial charge in [0.2, 0.25) is 0 Å². The Morgan fingerprint density at radius 1 is 1.17 bits per heavy atom. The molecule has 0 spiro atoms. The van der Waals surface area contributed by atoms with Crippen LogP contribution >= 0.6 is 0 Å². The van der Waals surface area contributed by atoms with Gasteiger partial charge in [0.05, 0.1) is 18.9 Å². The fourth-order valence-electron chi connectivity index (χ4n) is 2.13. The van der Waals surface area contributed by atoms with Crippen molar-refractivity contribution in [3.05, 3.63) is 12.1 Å². The Kier molecular flexibility index (Phi) is 3.15. The van der Waals surface area contributed by atoms with Gasteiger partial charge in [-0.3, -0.25) is 0 Å². The first kappa shape index (κ1) is 11.5. The number of rotatable bonds is 3. The van der Waals surface area contributed by atoms with E-state index < -0.39 is 0 Å². The van der Waals surface area contributed by atoms with Crippen LogP contribution in [0.2, 0.25) is 0 Å². The topological polar surface area (TPSA) is 62.9 Å². The first-order valence-electron chi connectivity index (χ1n) is 6.22. The van der Waals surface area contributed by atoms with Crippen molar-refractivity contribution in [3.8, 4) is 17.2 Å². The monoisotopic (exact) mass is 251 g/mol. The number of nitrogen functional groups attached to an aromatic ring is 1. The second kappa shape index (κ2) is 4.94. The molecule has 1 saturated heterocycles. The van der Waals surface area contributed by atoms with Gasteiger partial charge in [0.15, 0.2) is 11.5 Å². The van der Waals surface area contributed by atoms with Gasteiger partial charge in [-0.15, -0.1) is 0 Å². The lowest BCUT2D eigenvalue weighted by Gasteiger charge is -2.20. The zero-order valence-corrected chi connectivity index (χ0v) is 10.2. The van der Waals surface area contributed by atoms with E-state index in [1.807, 2.05) is 0 Å². The van der Waals surface area contributed by atoms with Gasteiger partial charge in [-0.2, -0.15) is 0 Å². The van der Waals surface area contributed by atoms with E-state index in [1.54, 1.807) is 12.1 Å². The molecule has 18 heavy (non-hydrogen) atoms. The summed E-state index contributed by atoms with van der Waals surface area (Å²) in [6, 6.07) is 3.56. The Bertz CT molecular complexity index is 429. The van der Waals surface area contributed by atoms with Crippen molar-refractivity contribution >= 4 is 5.69 Å². The van der Waals surface area contributed by atoms with Crippen LogP contribution < -0.4 is 19.9 Å². The van der Waals surface area contributed by atoms with E-state index in [0.717, 1.165) is 19.6 Å². The molecule has 0 aliphatic carbocycles. The molecule has 1 atom stereocenters. The van der Waals surface area contributed by atoms with Crippen LogP contribution in [0.3, 0.4) is 0 Å². The number of ether oxygens (including phenoxy) is 4.